The fraction of sp³-hybridized carbons (Fsp3) is 1.00. The van der Waals surface area contributed by atoms with Crippen molar-refractivity contribution in [1.29, 1.82) is 0 Å². The maximum Gasteiger partial charge on any atom is 0.0116 e. The van der Waals surface area contributed by atoms with Gasteiger partial charge in [-0.05, 0) is 53.1 Å². The van der Waals surface area contributed by atoms with E-state index in [1.54, 1.807) is 0 Å². The van der Waals surface area contributed by atoms with Gasteiger partial charge in [-0.25, -0.2) is 0 Å². The van der Waals surface area contributed by atoms with Crippen LogP contribution in [0.15, 0.2) is 0 Å². The molecule has 2 unspecified atom stereocenters. The smallest absolute Gasteiger partial charge is 0.0116 e. The SMILES string of the molecule is CC(CNC(C)(C)C)C(C)N1CCSC(C)(C)CC1. The number of nitrogens with zero attached hydrogens (tertiary/aromatic N) is 1. The van der Waals surface area contributed by atoms with E-state index in [-0.39, 0.29) is 5.54 Å². The van der Waals surface area contributed by atoms with E-state index in [0.29, 0.717) is 16.7 Å². The summed E-state index contributed by atoms with van der Waals surface area (Å²) in [6, 6.07) is 0.671. The van der Waals surface area contributed by atoms with Gasteiger partial charge < -0.3 is 5.32 Å². The maximum absolute atomic E-state index is 3.64. The second kappa shape index (κ2) is 6.82. The molecular weight excluding hydrogens is 252 g/mol. The molecule has 3 heteroatoms. The van der Waals surface area contributed by atoms with Crippen LogP contribution >= 0.6 is 11.8 Å². The quantitative estimate of drug-likeness (QED) is 0.850. The molecule has 0 amide bonds. The summed E-state index contributed by atoms with van der Waals surface area (Å²) >= 11 is 2.13. The number of thioether (sulfide) groups is 1. The number of hydrogen-bond donors (Lipinski definition) is 1. The third-order valence-electron chi connectivity index (χ3n) is 4.23. The molecule has 19 heavy (non-hydrogen) atoms. The molecular formula is C16H34N2S. The molecule has 1 saturated heterocycles. The van der Waals surface area contributed by atoms with Gasteiger partial charge in [-0.2, -0.15) is 11.8 Å². The Morgan fingerprint density at radius 1 is 1.21 bits per heavy atom. The van der Waals surface area contributed by atoms with Crippen molar-refractivity contribution in [2.75, 3.05) is 25.4 Å². The lowest BCUT2D eigenvalue weighted by atomic mass is 9.99. The van der Waals surface area contributed by atoms with Crippen LogP contribution < -0.4 is 5.32 Å². The molecule has 0 aliphatic carbocycles. The normalized spacial score (nSPS) is 24.8. The molecule has 1 aliphatic rings. The lowest BCUT2D eigenvalue weighted by molar-refractivity contribution is 0.161. The summed E-state index contributed by atoms with van der Waals surface area (Å²) in [4.78, 5) is 2.69. The van der Waals surface area contributed by atoms with Crippen LogP contribution in [0, 0.1) is 5.92 Å². The van der Waals surface area contributed by atoms with Gasteiger partial charge in [0.1, 0.15) is 0 Å². The Morgan fingerprint density at radius 3 is 2.42 bits per heavy atom. The van der Waals surface area contributed by atoms with E-state index in [0.717, 1.165) is 6.54 Å². The predicted molar refractivity (Wildman–Crippen MR) is 89.1 cm³/mol. The number of nitrogens with one attached hydrogen (secondary N) is 1. The van der Waals surface area contributed by atoms with Crippen molar-refractivity contribution >= 4 is 11.8 Å². The fourth-order valence-electron chi connectivity index (χ4n) is 2.44. The topological polar surface area (TPSA) is 15.3 Å². The van der Waals surface area contributed by atoms with Crippen LogP contribution in [0.1, 0.15) is 54.9 Å². The van der Waals surface area contributed by atoms with E-state index in [1.807, 2.05) is 0 Å². The van der Waals surface area contributed by atoms with Gasteiger partial charge in [0.05, 0.1) is 0 Å². The Morgan fingerprint density at radius 2 is 1.84 bits per heavy atom. The minimum Gasteiger partial charge on any atom is -0.312 e. The van der Waals surface area contributed by atoms with Crippen molar-refractivity contribution in [3.05, 3.63) is 0 Å². The molecule has 2 atom stereocenters. The highest BCUT2D eigenvalue weighted by Crippen LogP contribution is 2.31. The molecule has 0 aromatic heterocycles. The minimum absolute atomic E-state index is 0.227. The van der Waals surface area contributed by atoms with Crippen LogP contribution in [0.5, 0.6) is 0 Å². The molecule has 0 spiro atoms. The highest BCUT2D eigenvalue weighted by Gasteiger charge is 2.28. The van der Waals surface area contributed by atoms with Crippen molar-refractivity contribution in [3.8, 4) is 0 Å². The summed E-state index contributed by atoms with van der Waals surface area (Å²) < 4.78 is 0.460. The number of rotatable bonds is 4. The highest BCUT2D eigenvalue weighted by atomic mass is 32.2. The second-order valence-electron chi connectivity index (χ2n) is 7.74. The van der Waals surface area contributed by atoms with Gasteiger partial charge in [-0.3, -0.25) is 4.90 Å². The molecule has 2 nitrogen and oxygen atoms in total. The summed E-state index contributed by atoms with van der Waals surface area (Å²) in [6.07, 6.45) is 1.31. The van der Waals surface area contributed by atoms with E-state index in [9.17, 15) is 0 Å². The molecule has 0 saturated carbocycles. The first-order valence-electron chi connectivity index (χ1n) is 7.74. The summed E-state index contributed by atoms with van der Waals surface area (Å²) in [5.41, 5.74) is 0.227. The van der Waals surface area contributed by atoms with Gasteiger partial charge in [0.2, 0.25) is 0 Å². The molecule has 114 valence electrons. The van der Waals surface area contributed by atoms with Crippen molar-refractivity contribution < 1.29 is 0 Å². The lowest BCUT2D eigenvalue weighted by Crippen LogP contribution is -2.46. The fourth-order valence-corrected chi connectivity index (χ4v) is 3.55. The van der Waals surface area contributed by atoms with Crippen LogP contribution in [0.2, 0.25) is 0 Å². The van der Waals surface area contributed by atoms with Gasteiger partial charge in [0, 0.05) is 28.6 Å². The van der Waals surface area contributed by atoms with E-state index in [2.05, 4.69) is 70.4 Å². The lowest BCUT2D eigenvalue weighted by Gasteiger charge is -2.34. The minimum atomic E-state index is 0.227. The van der Waals surface area contributed by atoms with Gasteiger partial charge in [-0.1, -0.05) is 20.8 Å². The Balaban J connectivity index is 2.45. The van der Waals surface area contributed by atoms with Crippen LogP contribution in [0.4, 0.5) is 0 Å². The summed E-state index contributed by atoms with van der Waals surface area (Å²) in [7, 11) is 0. The van der Waals surface area contributed by atoms with Crippen LogP contribution in [-0.4, -0.2) is 46.6 Å². The standard InChI is InChI=1S/C16H34N2S/c1-13(12-17-15(3,4)5)14(2)18-9-8-16(6,7)19-11-10-18/h13-14,17H,8-12H2,1-7H3. The molecule has 0 aromatic rings. The Kier molecular flexibility index (Phi) is 6.22. The van der Waals surface area contributed by atoms with Gasteiger partial charge in [-0.15, -0.1) is 0 Å². The van der Waals surface area contributed by atoms with Crippen LogP contribution in [0.25, 0.3) is 0 Å². The average Bonchev–Trinajstić information content (AvgIpc) is 2.45. The van der Waals surface area contributed by atoms with Crippen LogP contribution in [0.3, 0.4) is 0 Å². The van der Waals surface area contributed by atoms with Crippen molar-refractivity contribution in [2.24, 2.45) is 5.92 Å². The predicted octanol–water partition coefficient (Wildman–Crippen LogP) is 3.62. The summed E-state index contributed by atoms with van der Waals surface area (Å²) in [5.74, 6) is 1.97. The Bertz CT molecular complexity index is 270. The maximum atomic E-state index is 3.64. The molecule has 1 rings (SSSR count). The molecule has 0 bridgehead atoms. The zero-order valence-corrected chi connectivity index (χ0v) is 14.9. The summed E-state index contributed by atoms with van der Waals surface area (Å²) in [5, 5.41) is 3.64. The van der Waals surface area contributed by atoms with Crippen molar-refractivity contribution in [1.82, 2.24) is 10.2 Å². The van der Waals surface area contributed by atoms with Crippen LogP contribution in [-0.2, 0) is 0 Å². The average molecular weight is 287 g/mol. The monoisotopic (exact) mass is 286 g/mol. The molecule has 1 fully saturated rings. The third kappa shape index (κ3) is 6.50. The van der Waals surface area contributed by atoms with Gasteiger partial charge in [0.25, 0.3) is 0 Å². The third-order valence-corrected chi connectivity index (χ3v) is 5.60. The molecule has 0 radical (unpaired) electrons. The zero-order valence-electron chi connectivity index (χ0n) is 14.0. The van der Waals surface area contributed by atoms with Gasteiger partial charge in [0.15, 0.2) is 0 Å². The first kappa shape index (κ1) is 17.3. The molecule has 0 aromatic carbocycles. The highest BCUT2D eigenvalue weighted by molar-refractivity contribution is 8.00. The van der Waals surface area contributed by atoms with Crippen molar-refractivity contribution in [3.63, 3.8) is 0 Å². The first-order chi connectivity index (χ1) is 8.61. The van der Waals surface area contributed by atoms with E-state index in [4.69, 9.17) is 0 Å². The van der Waals surface area contributed by atoms with E-state index >= 15 is 0 Å². The van der Waals surface area contributed by atoms with E-state index < -0.39 is 0 Å². The second-order valence-corrected chi connectivity index (χ2v) is 9.55. The zero-order chi connectivity index (χ0) is 14.7. The first-order valence-corrected chi connectivity index (χ1v) is 8.72. The Labute approximate surface area is 125 Å². The number of hydrogen-bond acceptors (Lipinski definition) is 3. The molecule has 1 N–H and O–H groups in total. The van der Waals surface area contributed by atoms with Gasteiger partial charge >= 0.3 is 0 Å². The Hall–Kier alpha value is 0.270. The van der Waals surface area contributed by atoms with Crippen molar-refractivity contribution in [2.45, 2.75) is 71.2 Å². The largest absolute Gasteiger partial charge is 0.312 e. The molecule has 1 heterocycles. The van der Waals surface area contributed by atoms with E-state index in [1.165, 1.54) is 25.3 Å². The summed E-state index contributed by atoms with van der Waals surface area (Å²) in [6.45, 7) is 19.9. The molecule has 1 aliphatic heterocycles.